The summed E-state index contributed by atoms with van der Waals surface area (Å²) in [4.78, 5) is 4.52. The summed E-state index contributed by atoms with van der Waals surface area (Å²) in [5, 5.41) is 10.7. The molecule has 1 aromatic heterocycles. The molecule has 0 fully saturated rings. The molecule has 0 aliphatic heterocycles. The summed E-state index contributed by atoms with van der Waals surface area (Å²) in [5.74, 6) is 0.902. The maximum atomic E-state index is 11.8. The van der Waals surface area contributed by atoms with Gasteiger partial charge in [-0.3, -0.25) is 4.98 Å². The first-order valence-electron chi connectivity index (χ1n) is 8.92. The van der Waals surface area contributed by atoms with Crippen LogP contribution in [0.4, 0.5) is 0 Å². The Bertz CT molecular complexity index is 1430. The molecule has 0 aliphatic carbocycles. The molecule has 4 rings (SSSR count). The SMILES string of the molecule is CS(=O)(=O)c1cccc(Oc2ccc(Cl)c(-c3ccnc4c(C#N)cccc34)c2)c1. The molecule has 0 atom stereocenters. The number of ether oxygens (including phenoxy) is 1. The van der Waals surface area contributed by atoms with Crippen molar-refractivity contribution in [2.45, 2.75) is 4.90 Å². The minimum Gasteiger partial charge on any atom is -0.457 e. The Morgan fingerprint density at radius 2 is 1.73 bits per heavy atom. The second-order valence-electron chi connectivity index (χ2n) is 6.66. The molecule has 7 heteroatoms. The van der Waals surface area contributed by atoms with Crippen molar-refractivity contribution in [3.63, 3.8) is 0 Å². The lowest BCUT2D eigenvalue weighted by atomic mass is 9.99. The van der Waals surface area contributed by atoms with E-state index in [1.54, 1.807) is 48.7 Å². The van der Waals surface area contributed by atoms with E-state index in [2.05, 4.69) is 11.1 Å². The van der Waals surface area contributed by atoms with Gasteiger partial charge in [0.1, 0.15) is 17.6 Å². The van der Waals surface area contributed by atoms with Crippen molar-refractivity contribution in [2.75, 3.05) is 6.26 Å². The molecule has 0 aliphatic rings. The van der Waals surface area contributed by atoms with E-state index >= 15 is 0 Å². The van der Waals surface area contributed by atoms with Gasteiger partial charge in [-0.15, -0.1) is 0 Å². The Labute approximate surface area is 179 Å². The zero-order valence-corrected chi connectivity index (χ0v) is 17.4. The number of hydrogen-bond donors (Lipinski definition) is 0. The van der Waals surface area contributed by atoms with Crippen LogP contribution in [-0.4, -0.2) is 19.7 Å². The van der Waals surface area contributed by atoms with Gasteiger partial charge in [0.05, 0.1) is 16.0 Å². The van der Waals surface area contributed by atoms with E-state index in [1.807, 2.05) is 12.1 Å². The minimum absolute atomic E-state index is 0.179. The van der Waals surface area contributed by atoms with Crippen LogP contribution in [0, 0.1) is 11.3 Å². The highest BCUT2D eigenvalue weighted by Gasteiger charge is 2.13. The highest BCUT2D eigenvalue weighted by atomic mass is 35.5. The van der Waals surface area contributed by atoms with Gasteiger partial charge < -0.3 is 4.74 Å². The lowest BCUT2D eigenvalue weighted by Crippen LogP contribution is -1.97. The van der Waals surface area contributed by atoms with Gasteiger partial charge in [-0.05, 0) is 54.1 Å². The fraction of sp³-hybridized carbons (Fsp3) is 0.0435. The van der Waals surface area contributed by atoms with E-state index < -0.39 is 9.84 Å². The maximum absolute atomic E-state index is 11.8. The van der Waals surface area contributed by atoms with Gasteiger partial charge in [-0.2, -0.15) is 5.26 Å². The lowest BCUT2D eigenvalue weighted by molar-refractivity contribution is 0.481. The molecule has 5 nitrogen and oxygen atoms in total. The van der Waals surface area contributed by atoms with E-state index in [1.165, 1.54) is 12.1 Å². The molecule has 0 bridgehead atoms. The van der Waals surface area contributed by atoms with Gasteiger partial charge >= 0.3 is 0 Å². The molecule has 0 amide bonds. The van der Waals surface area contributed by atoms with E-state index in [9.17, 15) is 13.7 Å². The number of pyridine rings is 1. The molecule has 30 heavy (non-hydrogen) atoms. The Kier molecular flexibility index (Phi) is 5.17. The predicted octanol–water partition coefficient (Wildman–Crippen LogP) is 5.62. The summed E-state index contributed by atoms with van der Waals surface area (Å²) < 4.78 is 29.5. The predicted molar refractivity (Wildman–Crippen MR) is 117 cm³/mol. The minimum atomic E-state index is -3.34. The topological polar surface area (TPSA) is 80.1 Å². The smallest absolute Gasteiger partial charge is 0.175 e. The van der Waals surface area contributed by atoms with Crippen molar-refractivity contribution in [3.05, 3.63) is 83.5 Å². The molecule has 1 heterocycles. The summed E-state index contributed by atoms with van der Waals surface area (Å²) in [6, 6.07) is 20.9. The molecule has 0 unspecified atom stereocenters. The summed E-state index contributed by atoms with van der Waals surface area (Å²) in [5.41, 5.74) is 2.62. The highest BCUT2D eigenvalue weighted by Crippen LogP contribution is 2.37. The van der Waals surface area contributed by atoms with E-state index in [-0.39, 0.29) is 4.90 Å². The van der Waals surface area contributed by atoms with E-state index in [4.69, 9.17) is 16.3 Å². The number of halogens is 1. The number of sulfone groups is 1. The van der Waals surface area contributed by atoms with Gasteiger partial charge in [-0.1, -0.05) is 29.8 Å². The maximum Gasteiger partial charge on any atom is 0.175 e. The molecule has 0 N–H and O–H groups in total. The van der Waals surface area contributed by atoms with E-state index in [0.29, 0.717) is 27.6 Å². The third-order valence-corrected chi connectivity index (χ3v) is 6.03. The average molecular weight is 435 g/mol. The van der Waals surface area contributed by atoms with Crippen molar-refractivity contribution >= 4 is 32.3 Å². The zero-order valence-electron chi connectivity index (χ0n) is 15.8. The molecular formula is C23H15ClN2O3S. The Hall–Kier alpha value is -3.40. The molecular weight excluding hydrogens is 420 g/mol. The zero-order chi connectivity index (χ0) is 21.3. The first kappa shape index (κ1) is 19.9. The second-order valence-corrected chi connectivity index (χ2v) is 9.09. The fourth-order valence-corrected chi connectivity index (χ4v) is 4.06. The van der Waals surface area contributed by atoms with Crippen LogP contribution in [0.15, 0.2) is 77.8 Å². The largest absolute Gasteiger partial charge is 0.457 e. The van der Waals surface area contributed by atoms with Gasteiger partial charge in [0.15, 0.2) is 9.84 Å². The van der Waals surface area contributed by atoms with Crippen LogP contribution >= 0.6 is 11.6 Å². The van der Waals surface area contributed by atoms with Gasteiger partial charge in [0.2, 0.25) is 0 Å². The van der Waals surface area contributed by atoms with Crippen LogP contribution in [0.3, 0.4) is 0 Å². The van der Waals surface area contributed by atoms with Crippen LogP contribution in [0.2, 0.25) is 5.02 Å². The Morgan fingerprint density at radius 3 is 2.50 bits per heavy atom. The molecule has 148 valence electrons. The van der Waals surface area contributed by atoms with Crippen molar-refractivity contribution in [1.82, 2.24) is 4.98 Å². The number of nitriles is 1. The van der Waals surface area contributed by atoms with Crippen molar-refractivity contribution in [1.29, 1.82) is 5.26 Å². The van der Waals surface area contributed by atoms with E-state index in [0.717, 1.165) is 22.8 Å². The Morgan fingerprint density at radius 1 is 0.967 bits per heavy atom. The number of aromatic nitrogens is 1. The highest BCUT2D eigenvalue weighted by molar-refractivity contribution is 7.90. The average Bonchev–Trinajstić information content (AvgIpc) is 2.74. The number of rotatable bonds is 4. The lowest BCUT2D eigenvalue weighted by Gasteiger charge is -2.12. The summed E-state index contributed by atoms with van der Waals surface area (Å²) >= 11 is 6.47. The Balaban J connectivity index is 1.79. The van der Waals surface area contributed by atoms with Crippen LogP contribution in [0.25, 0.3) is 22.0 Å². The third-order valence-electron chi connectivity index (χ3n) is 4.59. The number of para-hydroxylation sites is 1. The molecule has 3 aromatic carbocycles. The second kappa shape index (κ2) is 7.79. The van der Waals surface area contributed by atoms with Gasteiger partial charge in [-0.25, -0.2) is 8.42 Å². The molecule has 4 aromatic rings. The summed E-state index contributed by atoms with van der Waals surface area (Å²) in [6.07, 6.45) is 2.79. The molecule has 0 spiro atoms. The van der Waals surface area contributed by atoms with Gasteiger partial charge in [0.25, 0.3) is 0 Å². The fourth-order valence-electron chi connectivity index (χ4n) is 3.18. The van der Waals surface area contributed by atoms with Gasteiger partial charge in [0, 0.05) is 28.4 Å². The quantitative estimate of drug-likeness (QED) is 0.416. The normalized spacial score (nSPS) is 11.2. The first-order chi connectivity index (χ1) is 14.4. The first-order valence-corrected chi connectivity index (χ1v) is 11.2. The van der Waals surface area contributed by atoms with Crippen molar-refractivity contribution in [2.24, 2.45) is 0 Å². The summed E-state index contributed by atoms with van der Waals surface area (Å²) in [7, 11) is -3.34. The van der Waals surface area contributed by atoms with Crippen LogP contribution in [0.1, 0.15) is 5.56 Å². The molecule has 0 radical (unpaired) electrons. The number of benzene rings is 3. The van der Waals surface area contributed by atoms with Crippen LogP contribution in [-0.2, 0) is 9.84 Å². The van der Waals surface area contributed by atoms with Crippen molar-refractivity contribution < 1.29 is 13.2 Å². The number of hydrogen-bond acceptors (Lipinski definition) is 5. The monoisotopic (exact) mass is 434 g/mol. The number of fused-ring (bicyclic) bond motifs is 1. The van der Waals surface area contributed by atoms with Crippen LogP contribution < -0.4 is 4.74 Å². The molecule has 0 saturated carbocycles. The van der Waals surface area contributed by atoms with Crippen molar-refractivity contribution in [3.8, 4) is 28.7 Å². The third kappa shape index (κ3) is 3.86. The standard InChI is InChI=1S/C23H15ClN2O3S/c1-30(27,28)18-6-3-5-16(12-18)29-17-8-9-22(24)21(13-17)19-10-11-26-23-15(14-25)4-2-7-20(19)23/h2-13H,1H3. The summed E-state index contributed by atoms with van der Waals surface area (Å²) in [6.45, 7) is 0. The number of nitrogens with zero attached hydrogens (tertiary/aromatic N) is 2. The van der Waals surface area contributed by atoms with Crippen LogP contribution in [0.5, 0.6) is 11.5 Å². The molecule has 0 saturated heterocycles.